The third kappa shape index (κ3) is 4.82. The van der Waals surface area contributed by atoms with Gasteiger partial charge in [-0.2, -0.15) is 0 Å². The fraction of sp³-hybridized carbons (Fsp3) is 0.462. The van der Waals surface area contributed by atoms with E-state index in [1.54, 1.807) is 0 Å². The zero-order valence-corrected chi connectivity index (χ0v) is 10.2. The molecule has 1 aromatic rings. The molecular formula is C13H20N2O. The van der Waals surface area contributed by atoms with Crippen LogP contribution in [0.15, 0.2) is 30.3 Å². The van der Waals surface area contributed by atoms with Gasteiger partial charge < -0.3 is 10.6 Å². The molecule has 0 saturated carbocycles. The highest BCUT2D eigenvalue weighted by Gasteiger charge is 2.08. The third-order valence-electron chi connectivity index (χ3n) is 2.23. The van der Waals surface area contributed by atoms with E-state index in [-0.39, 0.29) is 12.1 Å². The van der Waals surface area contributed by atoms with Crippen molar-refractivity contribution >= 4 is 11.7 Å². The molecule has 0 saturated heterocycles. The van der Waals surface area contributed by atoms with Crippen LogP contribution in [-0.4, -0.2) is 12.1 Å². The molecule has 0 heterocycles. The number of urea groups is 1. The Hall–Kier alpha value is -1.51. The van der Waals surface area contributed by atoms with Gasteiger partial charge in [0.1, 0.15) is 0 Å². The SMILES string of the molecule is CC(C)C[C@H](C)NC(=O)Nc1ccccc1. The monoisotopic (exact) mass is 220 g/mol. The quantitative estimate of drug-likeness (QED) is 0.803. The van der Waals surface area contributed by atoms with Crippen molar-refractivity contribution in [2.75, 3.05) is 5.32 Å². The molecule has 16 heavy (non-hydrogen) atoms. The first-order valence-corrected chi connectivity index (χ1v) is 5.70. The lowest BCUT2D eigenvalue weighted by atomic mass is 10.1. The number of hydrogen-bond acceptors (Lipinski definition) is 1. The van der Waals surface area contributed by atoms with Gasteiger partial charge >= 0.3 is 6.03 Å². The van der Waals surface area contributed by atoms with E-state index in [0.717, 1.165) is 12.1 Å². The average molecular weight is 220 g/mol. The molecule has 1 rings (SSSR count). The Morgan fingerprint density at radius 1 is 1.19 bits per heavy atom. The fourth-order valence-corrected chi connectivity index (χ4v) is 1.68. The van der Waals surface area contributed by atoms with Crippen LogP contribution in [0, 0.1) is 5.92 Å². The normalized spacial score (nSPS) is 12.2. The van der Waals surface area contributed by atoms with E-state index in [2.05, 4.69) is 24.5 Å². The topological polar surface area (TPSA) is 41.1 Å². The molecule has 1 aromatic carbocycles. The van der Waals surface area contributed by atoms with Crippen LogP contribution in [0.4, 0.5) is 10.5 Å². The first-order valence-electron chi connectivity index (χ1n) is 5.70. The van der Waals surface area contributed by atoms with E-state index in [1.165, 1.54) is 0 Å². The van der Waals surface area contributed by atoms with E-state index in [0.29, 0.717) is 5.92 Å². The highest BCUT2D eigenvalue weighted by Crippen LogP contribution is 2.06. The molecule has 1 atom stereocenters. The number of nitrogens with one attached hydrogen (secondary N) is 2. The van der Waals surface area contributed by atoms with Crippen molar-refractivity contribution in [2.45, 2.75) is 33.2 Å². The van der Waals surface area contributed by atoms with Gasteiger partial charge in [-0.05, 0) is 31.4 Å². The summed E-state index contributed by atoms with van der Waals surface area (Å²) in [5.74, 6) is 0.590. The maximum atomic E-state index is 11.6. The molecule has 0 aliphatic rings. The summed E-state index contributed by atoms with van der Waals surface area (Å²) in [5, 5.41) is 5.71. The Morgan fingerprint density at radius 3 is 2.38 bits per heavy atom. The largest absolute Gasteiger partial charge is 0.335 e. The number of hydrogen-bond donors (Lipinski definition) is 2. The highest BCUT2D eigenvalue weighted by atomic mass is 16.2. The summed E-state index contributed by atoms with van der Waals surface area (Å²) in [6, 6.07) is 9.51. The molecule has 0 radical (unpaired) electrons. The van der Waals surface area contributed by atoms with Gasteiger partial charge in [0.2, 0.25) is 0 Å². The molecule has 3 nitrogen and oxygen atoms in total. The summed E-state index contributed by atoms with van der Waals surface area (Å²) < 4.78 is 0. The van der Waals surface area contributed by atoms with E-state index in [9.17, 15) is 4.79 Å². The van der Waals surface area contributed by atoms with Crippen LogP contribution in [0.25, 0.3) is 0 Å². The minimum Gasteiger partial charge on any atom is -0.335 e. The molecule has 0 aliphatic heterocycles. The summed E-state index contributed by atoms with van der Waals surface area (Å²) >= 11 is 0. The summed E-state index contributed by atoms with van der Waals surface area (Å²) in [5.41, 5.74) is 0.816. The van der Waals surface area contributed by atoms with Crippen molar-refractivity contribution in [1.82, 2.24) is 5.32 Å². The van der Waals surface area contributed by atoms with Crippen LogP contribution < -0.4 is 10.6 Å². The molecule has 0 bridgehead atoms. The van der Waals surface area contributed by atoms with Crippen molar-refractivity contribution in [1.29, 1.82) is 0 Å². The molecule has 2 N–H and O–H groups in total. The fourth-order valence-electron chi connectivity index (χ4n) is 1.68. The number of amides is 2. The zero-order valence-electron chi connectivity index (χ0n) is 10.2. The van der Waals surface area contributed by atoms with Crippen LogP contribution >= 0.6 is 0 Å². The lowest BCUT2D eigenvalue weighted by Crippen LogP contribution is -2.36. The maximum absolute atomic E-state index is 11.6. The molecule has 0 aromatic heterocycles. The minimum absolute atomic E-state index is 0.139. The average Bonchev–Trinajstić information content (AvgIpc) is 2.17. The van der Waals surface area contributed by atoms with Gasteiger partial charge in [-0.3, -0.25) is 0 Å². The molecule has 3 heteroatoms. The third-order valence-corrected chi connectivity index (χ3v) is 2.23. The molecule has 0 fully saturated rings. The standard InChI is InChI=1S/C13H20N2O/c1-10(2)9-11(3)14-13(16)15-12-7-5-4-6-8-12/h4-8,10-11H,9H2,1-3H3,(H2,14,15,16)/t11-/m0/s1. The van der Waals surface area contributed by atoms with Crippen LogP contribution in [0.1, 0.15) is 27.2 Å². The molecule has 88 valence electrons. The smallest absolute Gasteiger partial charge is 0.319 e. The van der Waals surface area contributed by atoms with Crippen LogP contribution in [-0.2, 0) is 0 Å². The van der Waals surface area contributed by atoms with E-state index in [4.69, 9.17) is 0 Å². The number of carbonyl (C=O) groups excluding carboxylic acids is 1. The predicted octanol–water partition coefficient (Wildman–Crippen LogP) is 3.24. The second-order valence-electron chi connectivity index (χ2n) is 4.50. The summed E-state index contributed by atoms with van der Waals surface area (Å²) in [6.45, 7) is 6.31. The molecule has 2 amide bonds. The van der Waals surface area contributed by atoms with Crippen LogP contribution in [0.2, 0.25) is 0 Å². The van der Waals surface area contributed by atoms with E-state index >= 15 is 0 Å². The summed E-state index contributed by atoms with van der Waals surface area (Å²) in [6.07, 6.45) is 0.988. The number of para-hydroxylation sites is 1. The second kappa shape index (κ2) is 6.16. The number of carbonyl (C=O) groups is 1. The molecule has 0 unspecified atom stereocenters. The molecule has 0 aliphatic carbocycles. The van der Waals surface area contributed by atoms with E-state index < -0.39 is 0 Å². The zero-order chi connectivity index (χ0) is 12.0. The summed E-state index contributed by atoms with van der Waals surface area (Å²) in [7, 11) is 0. The Labute approximate surface area is 97.2 Å². The maximum Gasteiger partial charge on any atom is 0.319 e. The van der Waals surface area contributed by atoms with Crippen molar-refractivity contribution < 1.29 is 4.79 Å². The lowest BCUT2D eigenvalue weighted by molar-refractivity contribution is 0.247. The predicted molar refractivity (Wildman–Crippen MR) is 67.5 cm³/mol. The van der Waals surface area contributed by atoms with Gasteiger partial charge in [-0.25, -0.2) is 4.79 Å². The van der Waals surface area contributed by atoms with Gasteiger partial charge in [0, 0.05) is 11.7 Å². The van der Waals surface area contributed by atoms with Gasteiger partial charge in [0.05, 0.1) is 0 Å². The number of rotatable bonds is 4. The molecule has 0 spiro atoms. The van der Waals surface area contributed by atoms with Crippen molar-refractivity contribution in [2.24, 2.45) is 5.92 Å². The van der Waals surface area contributed by atoms with Crippen LogP contribution in [0.5, 0.6) is 0 Å². The number of anilines is 1. The highest BCUT2D eigenvalue weighted by molar-refractivity contribution is 5.89. The Balaban J connectivity index is 2.36. The molecular weight excluding hydrogens is 200 g/mol. The van der Waals surface area contributed by atoms with Gasteiger partial charge in [0.25, 0.3) is 0 Å². The van der Waals surface area contributed by atoms with Gasteiger partial charge in [0.15, 0.2) is 0 Å². The first-order chi connectivity index (χ1) is 7.58. The Morgan fingerprint density at radius 2 is 1.81 bits per heavy atom. The van der Waals surface area contributed by atoms with Crippen molar-refractivity contribution in [3.8, 4) is 0 Å². The Kier molecular flexibility index (Phi) is 4.83. The first kappa shape index (κ1) is 12.6. The summed E-state index contributed by atoms with van der Waals surface area (Å²) in [4.78, 5) is 11.6. The minimum atomic E-state index is -0.139. The Bertz CT molecular complexity index is 322. The van der Waals surface area contributed by atoms with Crippen molar-refractivity contribution in [3.05, 3.63) is 30.3 Å². The lowest BCUT2D eigenvalue weighted by Gasteiger charge is -2.16. The second-order valence-corrected chi connectivity index (χ2v) is 4.50. The van der Waals surface area contributed by atoms with Crippen LogP contribution in [0.3, 0.4) is 0 Å². The van der Waals surface area contributed by atoms with Gasteiger partial charge in [-0.15, -0.1) is 0 Å². The number of benzene rings is 1. The van der Waals surface area contributed by atoms with E-state index in [1.807, 2.05) is 37.3 Å². The van der Waals surface area contributed by atoms with Crippen molar-refractivity contribution in [3.63, 3.8) is 0 Å². The van der Waals surface area contributed by atoms with Gasteiger partial charge in [-0.1, -0.05) is 32.0 Å².